The van der Waals surface area contributed by atoms with Gasteiger partial charge in [-0.1, -0.05) is 18.2 Å². The van der Waals surface area contributed by atoms with Crippen molar-refractivity contribution in [3.8, 4) is 5.75 Å². The van der Waals surface area contributed by atoms with Gasteiger partial charge in [0.05, 0.1) is 13.7 Å². The van der Waals surface area contributed by atoms with Crippen LogP contribution >= 0.6 is 12.6 Å². The molecule has 33 heavy (non-hydrogen) atoms. The minimum absolute atomic E-state index is 0.0526. The Kier molecular flexibility index (Phi) is 11.0. The molecule has 0 aromatic heterocycles. The van der Waals surface area contributed by atoms with E-state index in [1.165, 1.54) is 18.2 Å². The highest BCUT2D eigenvalue weighted by Gasteiger charge is 2.37. The number of methoxy groups -OCH3 is 1. The smallest absolute Gasteiger partial charge is 0.408 e. The number of phenols is 1. The molecule has 12 heteroatoms. The molecule has 2 unspecified atom stereocenters. The first-order chi connectivity index (χ1) is 15.4. The van der Waals surface area contributed by atoms with Gasteiger partial charge in [0.15, 0.2) is 0 Å². The molecular weight excluding hydrogens is 454 g/mol. The van der Waals surface area contributed by atoms with Crippen LogP contribution in [0.2, 0.25) is 0 Å². The number of amides is 3. The van der Waals surface area contributed by atoms with Crippen molar-refractivity contribution in [2.75, 3.05) is 32.6 Å². The van der Waals surface area contributed by atoms with E-state index >= 15 is 0 Å². The molecule has 2 atom stereocenters. The van der Waals surface area contributed by atoms with E-state index in [0.717, 1.165) is 12.0 Å². The third kappa shape index (κ3) is 8.81. The van der Waals surface area contributed by atoms with Crippen molar-refractivity contribution in [1.29, 1.82) is 0 Å². The van der Waals surface area contributed by atoms with Crippen LogP contribution in [0, 0.1) is 0 Å². The maximum Gasteiger partial charge on any atom is 0.408 e. The number of esters is 1. The Bertz CT molecular complexity index is 843. The minimum Gasteiger partial charge on any atom is -0.508 e. The van der Waals surface area contributed by atoms with E-state index in [0.29, 0.717) is 0 Å². The predicted molar refractivity (Wildman–Crippen MR) is 122 cm³/mol. The topological polar surface area (TPSA) is 154 Å². The molecule has 4 N–H and O–H groups in total. The van der Waals surface area contributed by atoms with Crippen molar-refractivity contribution in [2.24, 2.45) is 0 Å². The van der Waals surface area contributed by atoms with E-state index in [4.69, 9.17) is 4.74 Å². The van der Waals surface area contributed by atoms with Gasteiger partial charge in [-0.15, -0.1) is 0 Å². The number of phenolic OH excluding ortho intramolecular Hbond substituents is 1. The summed E-state index contributed by atoms with van der Waals surface area (Å²) in [6, 6.07) is 3.18. The van der Waals surface area contributed by atoms with Crippen LogP contribution in [-0.4, -0.2) is 83.2 Å². The number of aliphatic hydroxyl groups is 1. The lowest BCUT2D eigenvalue weighted by Gasteiger charge is -2.33. The number of para-hydroxylation sites is 1. The van der Waals surface area contributed by atoms with E-state index in [2.05, 4.69) is 28.0 Å². The molecule has 1 aromatic rings. The summed E-state index contributed by atoms with van der Waals surface area (Å²) in [6.45, 7) is 3.65. The average molecular weight is 486 g/mol. The van der Waals surface area contributed by atoms with Crippen LogP contribution in [0.15, 0.2) is 24.3 Å². The molecule has 0 heterocycles. The molecule has 0 aliphatic rings. The molecule has 1 aromatic carbocycles. The van der Waals surface area contributed by atoms with Crippen LogP contribution in [-0.2, 0) is 23.9 Å². The Labute approximate surface area is 197 Å². The zero-order valence-corrected chi connectivity index (χ0v) is 19.9. The zero-order chi connectivity index (χ0) is 25.2. The molecule has 0 spiro atoms. The summed E-state index contributed by atoms with van der Waals surface area (Å²) in [7, 11) is 1.15. The first kappa shape index (κ1) is 28.0. The van der Waals surface area contributed by atoms with Crippen molar-refractivity contribution >= 4 is 36.5 Å². The van der Waals surface area contributed by atoms with Gasteiger partial charge in [0.2, 0.25) is 11.8 Å². The monoisotopic (exact) mass is 485 g/mol. The fourth-order valence-corrected chi connectivity index (χ4v) is 3.05. The van der Waals surface area contributed by atoms with Crippen molar-refractivity contribution in [1.82, 2.24) is 15.5 Å². The Hall–Kier alpha value is -2.99. The molecule has 0 aliphatic carbocycles. The van der Waals surface area contributed by atoms with E-state index < -0.39 is 54.7 Å². The minimum atomic E-state index is -1.43. The van der Waals surface area contributed by atoms with Gasteiger partial charge < -0.3 is 35.2 Å². The number of rotatable bonds is 10. The lowest BCUT2D eigenvalue weighted by molar-refractivity contribution is -0.144. The van der Waals surface area contributed by atoms with E-state index in [9.17, 15) is 29.4 Å². The summed E-state index contributed by atoms with van der Waals surface area (Å²) in [6.07, 6.45) is -0.868. The zero-order valence-electron chi connectivity index (χ0n) is 19.0. The molecule has 0 fully saturated rings. The van der Waals surface area contributed by atoms with E-state index in [1.54, 1.807) is 26.8 Å². The first-order valence-electron chi connectivity index (χ1n) is 10.1. The molecular formula is C21H31N3O8S. The molecule has 0 radical (unpaired) electrons. The van der Waals surface area contributed by atoms with Crippen molar-refractivity contribution in [3.63, 3.8) is 0 Å². The Balaban J connectivity index is 3.31. The highest BCUT2D eigenvalue weighted by Crippen LogP contribution is 2.29. The second kappa shape index (κ2) is 12.9. The van der Waals surface area contributed by atoms with Gasteiger partial charge in [-0.05, 0) is 26.8 Å². The van der Waals surface area contributed by atoms with Crippen LogP contribution in [0.5, 0.6) is 5.75 Å². The van der Waals surface area contributed by atoms with Crippen LogP contribution in [0.25, 0.3) is 0 Å². The summed E-state index contributed by atoms with van der Waals surface area (Å²) in [5.74, 6) is -2.71. The number of thiol groups is 1. The quantitative estimate of drug-likeness (QED) is 0.235. The van der Waals surface area contributed by atoms with Crippen LogP contribution in [0.1, 0.15) is 32.4 Å². The Morgan fingerprint density at radius 1 is 1.18 bits per heavy atom. The molecule has 0 saturated heterocycles. The average Bonchev–Trinajstić information content (AvgIpc) is 2.74. The van der Waals surface area contributed by atoms with Crippen LogP contribution < -0.4 is 10.6 Å². The lowest BCUT2D eigenvalue weighted by Crippen LogP contribution is -2.54. The Morgan fingerprint density at radius 2 is 1.82 bits per heavy atom. The SMILES string of the molecule is COC(=O)CNC(=O)C(c1ccccc1O)N(CCO)C(=O)C(CS)NC(=O)OC(C)(C)C. The summed E-state index contributed by atoms with van der Waals surface area (Å²) < 4.78 is 9.68. The number of nitrogens with zero attached hydrogens (tertiary/aromatic N) is 1. The highest BCUT2D eigenvalue weighted by molar-refractivity contribution is 7.80. The number of hydrogen-bond donors (Lipinski definition) is 5. The maximum atomic E-state index is 13.3. The van der Waals surface area contributed by atoms with Crippen LogP contribution in [0.4, 0.5) is 4.79 Å². The van der Waals surface area contributed by atoms with Gasteiger partial charge in [-0.25, -0.2) is 4.79 Å². The number of benzene rings is 1. The number of ether oxygens (including phenoxy) is 2. The number of nitrogens with one attached hydrogen (secondary N) is 2. The van der Waals surface area contributed by atoms with Crippen LogP contribution in [0.3, 0.4) is 0 Å². The van der Waals surface area contributed by atoms with E-state index in [-0.39, 0.29) is 23.6 Å². The fraction of sp³-hybridized carbons (Fsp3) is 0.524. The van der Waals surface area contributed by atoms with Crippen molar-refractivity contribution < 1.29 is 38.9 Å². The molecule has 3 amide bonds. The van der Waals surface area contributed by atoms with Gasteiger partial charge >= 0.3 is 12.1 Å². The molecule has 1 rings (SSSR count). The number of hydrogen-bond acceptors (Lipinski definition) is 9. The summed E-state index contributed by atoms with van der Waals surface area (Å²) in [5.41, 5.74) is -0.762. The normalized spacial score (nSPS) is 12.8. The van der Waals surface area contributed by atoms with Crippen molar-refractivity contribution in [3.05, 3.63) is 29.8 Å². The number of alkyl carbamates (subject to hydrolysis) is 1. The maximum absolute atomic E-state index is 13.3. The van der Waals surface area contributed by atoms with Gasteiger partial charge in [0, 0.05) is 17.9 Å². The largest absolute Gasteiger partial charge is 0.508 e. The highest BCUT2D eigenvalue weighted by atomic mass is 32.1. The summed E-state index contributed by atoms with van der Waals surface area (Å²) >= 11 is 4.12. The van der Waals surface area contributed by atoms with Gasteiger partial charge in [-0.2, -0.15) is 12.6 Å². The standard InChI is InChI=1S/C21H31N3O8S/c1-21(2,3)32-20(30)23-14(12-33)19(29)24(9-10-25)17(13-7-5-6-8-15(13)26)18(28)22-11-16(27)31-4/h5-8,14,17,25-26,33H,9-12H2,1-4H3,(H,22,28)(H,23,30). The molecule has 0 saturated carbocycles. The number of carbonyl (C=O) groups is 4. The number of aromatic hydroxyl groups is 1. The first-order valence-corrected chi connectivity index (χ1v) is 10.7. The third-order valence-electron chi connectivity index (χ3n) is 4.22. The fourth-order valence-electron chi connectivity index (χ4n) is 2.81. The molecule has 0 aliphatic heterocycles. The predicted octanol–water partition coefficient (Wildman–Crippen LogP) is 0.366. The molecule has 184 valence electrons. The summed E-state index contributed by atoms with van der Waals surface area (Å²) in [5, 5.41) is 24.7. The number of aliphatic hydroxyl groups excluding tert-OH is 1. The van der Waals surface area contributed by atoms with Crippen molar-refractivity contribution in [2.45, 2.75) is 38.5 Å². The number of carbonyl (C=O) groups excluding carboxylic acids is 4. The molecule has 11 nitrogen and oxygen atoms in total. The second-order valence-electron chi connectivity index (χ2n) is 7.89. The lowest BCUT2D eigenvalue weighted by atomic mass is 10.0. The third-order valence-corrected chi connectivity index (χ3v) is 4.59. The van der Waals surface area contributed by atoms with Gasteiger partial charge in [0.25, 0.3) is 0 Å². The van der Waals surface area contributed by atoms with Gasteiger partial charge in [0.1, 0.15) is 30.0 Å². The van der Waals surface area contributed by atoms with E-state index in [1.807, 2.05) is 0 Å². The summed E-state index contributed by atoms with van der Waals surface area (Å²) in [4.78, 5) is 51.0. The Morgan fingerprint density at radius 3 is 2.33 bits per heavy atom. The van der Waals surface area contributed by atoms with Gasteiger partial charge in [-0.3, -0.25) is 14.4 Å². The molecule has 0 bridgehead atoms. The second-order valence-corrected chi connectivity index (χ2v) is 8.26.